The van der Waals surface area contributed by atoms with Gasteiger partial charge in [-0.05, 0) is 17.7 Å². The predicted octanol–water partition coefficient (Wildman–Crippen LogP) is 2.61. The van der Waals surface area contributed by atoms with Crippen molar-refractivity contribution < 1.29 is 0 Å². The molecule has 0 aliphatic carbocycles. The van der Waals surface area contributed by atoms with Crippen molar-refractivity contribution in [3.05, 3.63) is 54.3 Å². The van der Waals surface area contributed by atoms with Crippen LogP contribution < -0.4 is 5.32 Å². The van der Waals surface area contributed by atoms with Gasteiger partial charge in [-0.25, -0.2) is 0 Å². The molecule has 1 aromatic carbocycles. The van der Waals surface area contributed by atoms with Gasteiger partial charge in [0.1, 0.15) is 0 Å². The van der Waals surface area contributed by atoms with Gasteiger partial charge in [-0.15, -0.1) is 0 Å². The van der Waals surface area contributed by atoms with Gasteiger partial charge in [0.05, 0.1) is 6.54 Å². The number of rotatable bonds is 1. The van der Waals surface area contributed by atoms with Crippen LogP contribution in [0.1, 0.15) is 5.56 Å². The SMILES string of the molecule is C=C/C=C1/CNc2ccccc2CN1C. The smallest absolute Gasteiger partial charge is 0.0550 e. The highest BCUT2D eigenvalue weighted by Crippen LogP contribution is 2.22. The number of nitrogens with one attached hydrogen (secondary N) is 1. The molecule has 0 unspecified atom stereocenters. The molecule has 2 rings (SSSR count). The molecule has 1 N–H and O–H groups in total. The van der Waals surface area contributed by atoms with Crippen LogP contribution >= 0.6 is 0 Å². The molecule has 0 aromatic heterocycles. The largest absolute Gasteiger partial charge is 0.379 e. The lowest BCUT2D eigenvalue weighted by molar-refractivity contribution is 0.414. The van der Waals surface area contributed by atoms with Crippen LogP contribution in [0.5, 0.6) is 0 Å². The van der Waals surface area contributed by atoms with Gasteiger partial charge in [-0.3, -0.25) is 0 Å². The van der Waals surface area contributed by atoms with Crippen LogP contribution in [-0.2, 0) is 6.54 Å². The van der Waals surface area contributed by atoms with E-state index in [1.807, 2.05) is 6.08 Å². The maximum Gasteiger partial charge on any atom is 0.0550 e. The van der Waals surface area contributed by atoms with Crippen molar-refractivity contribution in [1.29, 1.82) is 0 Å². The zero-order valence-electron chi connectivity index (χ0n) is 9.03. The summed E-state index contributed by atoms with van der Waals surface area (Å²) in [6.45, 7) is 5.55. The summed E-state index contributed by atoms with van der Waals surface area (Å²) in [6.07, 6.45) is 3.89. The molecule has 15 heavy (non-hydrogen) atoms. The highest BCUT2D eigenvalue weighted by molar-refractivity contribution is 5.53. The van der Waals surface area contributed by atoms with Crippen LogP contribution in [0.3, 0.4) is 0 Å². The number of likely N-dealkylation sites (N-methyl/N-ethyl adjacent to an activating group) is 1. The lowest BCUT2D eigenvalue weighted by atomic mass is 10.2. The lowest BCUT2D eigenvalue weighted by Gasteiger charge is -2.19. The molecule has 1 aliphatic rings. The van der Waals surface area contributed by atoms with E-state index in [0.717, 1.165) is 13.1 Å². The van der Waals surface area contributed by atoms with Gasteiger partial charge < -0.3 is 10.2 Å². The minimum Gasteiger partial charge on any atom is -0.379 e. The molecule has 1 aliphatic heterocycles. The Balaban J connectivity index is 2.30. The van der Waals surface area contributed by atoms with E-state index >= 15 is 0 Å². The maximum absolute atomic E-state index is 3.74. The number of hydrogen-bond donors (Lipinski definition) is 1. The summed E-state index contributed by atoms with van der Waals surface area (Å²) in [7, 11) is 2.11. The van der Waals surface area contributed by atoms with Crippen molar-refractivity contribution in [1.82, 2.24) is 4.90 Å². The van der Waals surface area contributed by atoms with Crippen molar-refractivity contribution in [3.8, 4) is 0 Å². The third kappa shape index (κ3) is 2.04. The number of para-hydroxylation sites is 1. The van der Waals surface area contributed by atoms with Crippen molar-refractivity contribution in [2.45, 2.75) is 6.54 Å². The third-order valence-corrected chi connectivity index (χ3v) is 2.69. The van der Waals surface area contributed by atoms with Crippen molar-refractivity contribution in [2.24, 2.45) is 0 Å². The van der Waals surface area contributed by atoms with Crippen LogP contribution in [0.25, 0.3) is 0 Å². The fourth-order valence-electron chi connectivity index (χ4n) is 1.83. The van der Waals surface area contributed by atoms with E-state index in [-0.39, 0.29) is 0 Å². The molecule has 2 nitrogen and oxygen atoms in total. The van der Waals surface area contributed by atoms with Crippen molar-refractivity contribution in [2.75, 3.05) is 18.9 Å². The van der Waals surface area contributed by atoms with Gasteiger partial charge in [-0.1, -0.05) is 30.9 Å². The molecule has 78 valence electrons. The molecule has 0 spiro atoms. The summed E-state index contributed by atoms with van der Waals surface area (Å²) in [5.74, 6) is 0. The zero-order valence-corrected chi connectivity index (χ0v) is 9.03. The first kappa shape index (κ1) is 9.84. The molecule has 2 heteroatoms. The van der Waals surface area contributed by atoms with Gasteiger partial charge in [0.25, 0.3) is 0 Å². The molecular formula is C13H16N2. The minimum atomic E-state index is 0.861. The van der Waals surface area contributed by atoms with Gasteiger partial charge in [0, 0.05) is 25.0 Å². The zero-order chi connectivity index (χ0) is 10.7. The van der Waals surface area contributed by atoms with E-state index in [2.05, 4.69) is 54.2 Å². The van der Waals surface area contributed by atoms with Crippen LogP contribution in [0.2, 0.25) is 0 Å². The average molecular weight is 200 g/mol. The standard InChI is InChI=1S/C13H16N2/c1-3-6-12-9-14-13-8-5-4-7-11(13)10-15(12)2/h3-8,14H,1,9-10H2,2H3/b12-6-. The lowest BCUT2D eigenvalue weighted by Crippen LogP contribution is -2.18. The van der Waals surface area contributed by atoms with Crippen LogP contribution in [0.4, 0.5) is 5.69 Å². The molecule has 1 aromatic rings. The number of allylic oxidation sites excluding steroid dienone is 2. The van der Waals surface area contributed by atoms with Crippen molar-refractivity contribution in [3.63, 3.8) is 0 Å². The fourth-order valence-corrected chi connectivity index (χ4v) is 1.83. The monoisotopic (exact) mass is 200 g/mol. The molecule has 0 atom stereocenters. The summed E-state index contributed by atoms with van der Waals surface area (Å²) < 4.78 is 0. The molecule has 0 saturated heterocycles. The highest BCUT2D eigenvalue weighted by Gasteiger charge is 2.12. The number of fused-ring (bicyclic) bond motifs is 1. The van der Waals surface area contributed by atoms with Gasteiger partial charge in [0.2, 0.25) is 0 Å². The highest BCUT2D eigenvalue weighted by atomic mass is 15.1. The predicted molar refractivity (Wildman–Crippen MR) is 64.7 cm³/mol. The summed E-state index contributed by atoms with van der Waals surface area (Å²) in [4.78, 5) is 2.25. The Morgan fingerprint density at radius 2 is 2.20 bits per heavy atom. The quantitative estimate of drug-likeness (QED) is 0.749. The Morgan fingerprint density at radius 1 is 1.40 bits per heavy atom. The van der Waals surface area contributed by atoms with E-state index in [1.165, 1.54) is 16.9 Å². The normalized spacial score (nSPS) is 17.9. The first-order valence-electron chi connectivity index (χ1n) is 5.16. The second-order valence-electron chi connectivity index (χ2n) is 3.76. The molecule has 0 saturated carbocycles. The minimum absolute atomic E-state index is 0.861. The number of anilines is 1. The fraction of sp³-hybridized carbons (Fsp3) is 0.231. The Kier molecular flexibility index (Phi) is 2.77. The van der Waals surface area contributed by atoms with Crippen molar-refractivity contribution >= 4 is 5.69 Å². The molecule has 1 heterocycles. The maximum atomic E-state index is 3.74. The summed E-state index contributed by atoms with van der Waals surface area (Å²) >= 11 is 0. The van der Waals surface area contributed by atoms with Gasteiger partial charge in [-0.2, -0.15) is 0 Å². The molecule has 0 amide bonds. The number of hydrogen-bond acceptors (Lipinski definition) is 2. The Hall–Kier alpha value is -1.70. The molecule has 0 fully saturated rings. The van der Waals surface area contributed by atoms with E-state index < -0.39 is 0 Å². The topological polar surface area (TPSA) is 15.3 Å². The molecule has 0 radical (unpaired) electrons. The number of benzene rings is 1. The van der Waals surface area contributed by atoms with Gasteiger partial charge in [0.15, 0.2) is 0 Å². The molecular weight excluding hydrogens is 184 g/mol. The first-order chi connectivity index (χ1) is 7.31. The summed E-state index contributed by atoms with van der Waals surface area (Å²) in [6, 6.07) is 8.43. The van der Waals surface area contributed by atoms with Crippen LogP contribution in [-0.4, -0.2) is 18.5 Å². The Labute approximate surface area is 90.9 Å². The third-order valence-electron chi connectivity index (χ3n) is 2.69. The van der Waals surface area contributed by atoms with E-state index in [9.17, 15) is 0 Å². The van der Waals surface area contributed by atoms with E-state index in [0.29, 0.717) is 0 Å². The summed E-state index contributed by atoms with van der Waals surface area (Å²) in [5.41, 5.74) is 3.84. The molecule has 0 bridgehead atoms. The Morgan fingerprint density at radius 3 is 3.00 bits per heavy atom. The van der Waals surface area contributed by atoms with Crippen LogP contribution in [0.15, 0.2) is 48.7 Å². The first-order valence-corrected chi connectivity index (χ1v) is 5.16. The Bertz CT molecular complexity index is 393. The van der Waals surface area contributed by atoms with E-state index in [1.54, 1.807) is 0 Å². The number of nitrogens with zero attached hydrogens (tertiary/aromatic N) is 1. The second kappa shape index (κ2) is 4.22. The van der Waals surface area contributed by atoms with E-state index in [4.69, 9.17) is 0 Å². The average Bonchev–Trinajstić information content (AvgIpc) is 2.40. The summed E-state index contributed by atoms with van der Waals surface area (Å²) in [5, 5.41) is 3.43. The second-order valence-corrected chi connectivity index (χ2v) is 3.76. The van der Waals surface area contributed by atoms with Gasteiger partial charge >= 0.3 is 0 Å². The van der Waals surface area contributed by atoms with Crippen LogP contribution in [0, 0.1) is 0 Å².